The number of nitrogens with one attached hydrogen (secondary N) is 1. The van der Waals surface area contributed by atoms with Gasteiger partial charge < -0.3 is 5.43 Å². The summed E-state index contributed by atoms with van der Waals surface area (Å²) in [5.41, 5.74) is 3.29. The molecule has 3 heteroatoms. The van der Waals surface area contributed by atoms with Crippen molar-refractivity contribution in [3.8, 4) is 0 Å². The fraction of sp³-hybridized carbons (Fsp3) is 0.375. The van der Waals surface area contributed by atoms with Gasteiger partial charge in [-0.15, -0.1) is 0 Å². The number of nitrogens with zero attached hydrogens (tertiary/aromatic N) is 1. The molecule has 0 bridgehead atoms. The number of rotatable bonds is 1. The lowest BCUT2D eigenvalue weighted by molar-refractivity contribution is 1.09. The highest BCUT2D eigenvalue weighted by Gasteiger charge is 1.79. The van der Waals surface area contributed by atoms with Gasteiger partial charge in [-0.1, -0.05) is 20.3 Å². The molecule has 1 aromatic heterocycles. The molecule has 0 atom stereocenters. The minimum atomic E-state index is 0.826. The molecule has 0 spiro atoms. The van der Waals surface area contributed by atoms with Gasteiger partial charge in [0.1, 0.15) is 0 Å². The van der Waals surface area contributed by atoms with E-state index in [-0.39, 0.29) is 0 Å². The number of aromatic nitrogens is 1. The quantitative estimate of drug-likeness (QED) is 0.477. The summed E-state index contributed by atoms with van der Waals surface area (Å²) in [6.07, 6.45) is 4.60. The zero-order chi connectivity index (χ0) is 8.53. The Bertz CT molecular complexity index is 162. The average molecular weight is 153 g/mol. The molecule has 3 nitrogen and oxygen atoms in total. The van der Waals surface area contributed by atoms with E-state index in [1.807, 2.05) is 12.1 Å². The Morgan fingerprint density at radius 2 is 2.18 bits per heavy atom. The van der Waals surface area contributed by atoms with E-state index in [4.69, 9.17) is 5.84 Å². The monoisotopic (exact) mass is 153 g/mol. The van der Waals surface area contributed by atoms with Crippen molar-refractivity contribution < 1.29 is 0 Å². The lowest BCUT2D eigenvalue weighted by Crippen LogP contribution is -2.06. The van der Waals surface area contributed by atoms with Crippen molar-refractivity contribution in [2.45, 2.75) is 20.3 Å². The van der Waals surface area contributed by atoms with Crippen LogP contribution in [0.2, 0.25) is 0 Å². The van der Waals surface area contributed by atoms with E-state index in [0.29, 0.717) is 0 Å². The molecule has 0 fully saturated rings. The maximum Gasteiger partial charge on any atom is 0.0668 e. The summed E-state index contributed by atoms with van der Waals surface area (Å²) in [5.74, 6) is 5.06. The molecular formula is C8H15N3. The Morgan fingerprint density at radius 3 is 2.45 bits per heavy atom. The molecule has 0 aromatic carbocycles. The maximum atomic E-state index is 5.06. The molecule has 1 aromatic rings. The number of nitrogens with two attached hydrogens (primary N) is 1. The first kappa shape index (κ1) is 9.91. The highest BCUT2D eigenvalue weighted by atomic mass is 15.2. The van der Waals surface area contributed by atoms with Crippen molar-refractivity contribution in [2.75, 3.05) is 5.43 Å². The van der Waals surface area contributed by atoms with E-state index in [0.717, 1.165) is 5.69 Å². The lowest BCUT2D eigenvalue weighted by atomic mass is 10.4. The Morgan fingerprint density at radius 1 is 1.55 bits per heavy atom. The molecule has 0 radical (unpaired) electrons. The lowest BCUT2D eigenvalue weighted by Gasteiger charge is -1.93. The molecule has 1 heterocycles. The summed E-state index contributed by atoms with van der Waals surface area (Å²) in [7, 11) is 0. The average Bonchev–Trinajstić information content (AvgIpc) is 2.08. The van der Waals surface area contributed by atoms with Gasteiger partial charge in [0.2, 0.25) is 0 Å². The molecule has 0 aliphatic heterocycles. The number of hydrogen-bond acceptors (Lipinski definition) is 3. The fourth-order valence-corrected chi connectivity index (χ4v) is 0.448. The summed E-state index contributed by atoms with van der Waals surface area (Å²) in [6.45, 7) is 4.25. The molecular weight excluding hydrogens is 138 g/mol. The van der Waals surface area contributed by atoms with Gasteiger partial charge in [-0.3, -0.25) is 10.8 Å². The zero-order valence-corrected chi connectivity index (χ0v) is 7.04. The van der Waals surface area contributed by atoms with Crippen LogP contribution >= 0.6 is 0 Å². The van der Waals surface area contributed by atoms with Crippen LogP contribution in [0.5, 0.6) is 0 Å². The van der Waals surface area contributed by atoms with Gasteiger partial charge >= 0.3 is 0 Å². The van der Waals surface area contributed by atoms with E-state index in [2.05, 4.69) is 24.3 Å². The fourth-order valence-electron chi connectivity index (χ4n) is 0.448. The van der Waals surface area contributed by atoms with Crippen molar-refractivity contribution in [2.24, 2.45) is 5.84 Å². The van der Waals surface area contributed by atoms with Crippen LogP contribution in [0.4, 0.5) is 5.69 Å². The standard InChI is InChI=1S/C5H7N3.C3H8/c6-8-5-2-1-3-7-4-5;1-3-2/h1-4,8H,6H2;3H2,1-2H3. The molecule has 0 unspecified atom stereocenters. The number of nitrogen functional groups attached to an aromatic ring is 1. The molecule has 0 amide bonds. The largest absolute Gasteiger partial charge is 0.323 e. The second kappa shape index (κ2) is 7.02. The molecule has 0 saturated carbocycles. The number of hydrogen-bond donors (Lipinski definition) is 2. The zero-order valence-electron chi connectivity index (χ0n) is 7.04. The summed E-state index contributed by atoms with van der Waals surface area (Å²) < 4.78 is 0. The first-order valence-corrected chi connectivity index (χ1v) is 3.71. The maximum absolute atomic E-state index is 5.06. The molecule has 11 heavy (non-hydrogen) atoms. The van der Waals surface area contributed by atoms with Crippen LogP contribution in [0.15, 0.2) is 24.5 Å². The van der Waals surface area contributed by atoms with E-state index >= 15 is 0 Å². The van der Waals surface area contributed by atoms with Crippen molar-refractivity contribution in [3.63, 3.8) is 0 Å². The van der Waals surface area contributed by atoms with Crippen LogP contribution < -0.4 is 11.3 Å². The summed E-state index contributed by atoms with van der Waals surface area (Å²) in [5, 5.41) is 0. The molecule has 3 N–H and O–H groups in total. The third kappa shape index (κ3) is 5.36. The minimum Gasteiger partial charge on any atom is -0.323 e. The SMILES string of the molecule is CCC.NNc1cccnc1. The second-order valence-electron chi connectivity index (χ2n) is 2.09. The third-order valence-corrected chi connectivity index (χ3v) is 0.828. The first-order chi connectivity index (χ1) is 5.35. The van der Waals surface area contributed by atoms with Gasteiger partial charge in [-0.2, -0.15) is 0 Å². The van der Waals surface area contributed by atoms with Crippen LogP contribution in [0.3, 0.4) is 0 Å². The van der Waals surface area contributed by atoms with Gasteiger partial charge in [0.15, 0.2) is 0 Å². The summed E-state index contributed by atoms with van der Waals surface area (Å²) in [6, 6.07) is 3.65. The van der Waals surface area contributed by atoms with Crippen molar-refractivity contribution in [1.29, 1.82) is 0 Å². The molecule has 62 valence electrons. The molecule has 0 aliphatic carbocycles. The molecule has 1 rings (SSSR count). The van der Waals surface area contributed by atoms with Crippen LogP contribution in [0.25, 0.3) is 0 Å². The number of hydrazine groups is 1. The Hall–Kier alpha value is -1.09. The summed E-state index contributed by atoms with van der Waals surface area (Å²) >= 11 is 0. The first-order valence-electron chi connectivity index (χ1n) is 3.71. The second-order valence-corrected chi connectivity index (χ2v) is 2.09. The van der Waals surface area contributed by atoms with Crippen molar-refractivity contribution in [1.82, 2.24) is 4.98 Å². The van der Waals surface area contributed by atoms with Gasteiger partial charge in [-0.25, -0.2) is 0 Å². The van der Waals surface area contributed by atoms with Crippen molar-refractivity contribution >= 4 is 5.69 Å². The predicted octanol–water partition coefficient (Wildman–Crippen LogP) is 1.78. The van der Waals surface area contributed by atoms with E-state index in [1.54, 1.807) is 12.4 Å². The third-order valence-electron chi connectivity index (χ3n) is 0.828. The Kier molecular flexibility index (Phi) is 6.33. The molecule has 0 aliphatic rings. The van der Waals surface area contributed by atoms with E-state index < -0.39 is 0 Å². The smallest absolute Gasteiger partial charge is 0.0668 e. The number of anilines is 1. The van der Waals surface area contributed by atoms with Crippen molar-refractivity contribution in [3.05, 3.63) is 24.5 Å². The van der Waals surface area contributed by atoms with Gasteiger partial charge in [0, 0.05) is 6.20 Å². The predicted molar refractivity (Wildman–Crippen MR) is 48.0 cm³/mol. The normalized spacial score (nSPS) is 7.91. The van der Waals surface area contributed by atoms with Gasteiger partial charge in [0.25, 0.3) is 0 Å². The van der Waals surface area contributed by atoms with E-state index in [1.165, 1.54) is 6.42 Å². The van der Waals surface area contributed by atoms with Crippen LogP contribution in [-0.2, 0) is 0 Å². The minimum absolute atomic E-state index is 0.826. The van der Waals surface area contributed by atoms with Crippen LogP contribution in [-0.4, -0.2) is 4.98 Å². The van der Waals surface area contributed by atoms with Gasteiger partial charge in [-0.05, 0) is 12.1 Å². The highest BCUT2D eigenvalue weighted by molar-refractivity contribution is 5.37. The highest BCUT2D eigenvalue weighted by Crippen LogP contribution is 1.97. The van der Waals surface area contributed by atoms with E-state index in [9.17, 15) is 0 Å². The molecule has 0 saturated heterocycles. The summed E-state index contributed by atoms with van der Waals surface area (Å²) in [4.78, 5) is 3.81. The number of pyridine rings is 1. The topological polar surface area (TPSA) is 50.9 Å². The Balaban J connectivity index is 0.000000292. The van der Waals surface area contributed by atoms with Crippen LogP contribution in [0.1, 0.15) is 20.3 Å². The van der Waals surface area contributed by atoms with Gasteiger partial charge in [0.05, 0.1) is 11.9 Å². The Labute approximate surface area is 67.6 Å². The van der Waals surface area contributed by atoms with Crippen LogP contribution in [0, 0.1) is 0 Å².